The summed E-state index contributed by atoms with van der Waals surface area (Å²) >= 11 is 0.884. The van der Waals surface area contributed by atoms with Crippen LogP contribution in [0.1, 0.15) is 50.1 Å². The number of alkyl halides is 3. The molecule has 0 radical (unpaired) electrons. The first kappa shape index (κ1) is 26.4. The fraction of sp³-hybridized carbons (Fsp3) is 0.500. The third-order valence-electron chi connectivity index (χ3n) is 5.20. The van der Waals surface area contributed by atoms with E-state index in [2.05, 4.69) is 0 Å². The predicted molar refractivity (Wildman–Crippen MR) is 120 cm³/mol. The van der Waals surface area contributed by atoms with E-state index in [1.165, 1.54) is 17.9 Å². The zero-order valence-electron chi connectivity index (χ0n) is 19.1. The first-order chi connectivity index (χ1) is 15.6. The number of carbonyl (C=O) groups excluding carboxylic acids is 1. The summed E-state index contributed by atoms with van der Waals surface area (Å²) in [5.41, 5.74) is -1.02. The van der Waals surface area contributed by atoms with Crippen LogP contribution in [0.3, 0.4) is 0 Å². The summed E-state index contributed by atoms with van der Waals surface area (Å²) < 4.78 is 87.1. The summed E-state index contributed by atoms with van der Waals surface area (Å²) in [5.74, 6) is -0.855. The van der Waals surface area contributed by atoms with Crippen molar-refractivity contribution >= 4 is 27.5 Å². The highest BCUT2D eigenvalue weighted by molar-refractivity contribution is 7.91. The van der Waals surface area contributed by atoms with Crippen LogP contribution >= 0.6 is 11.3 Å². The largest absolute Gasteiger partial charge is 0.444 e. The van der Waals surface area contributed by atoms with Crippen LogP contribution in [-0.2, 0) is 14.8 Å². The molecule has 0 saturated carbocycles. The van der Waals surface area contributed by atoms with E-state index in [1.807, 2.05) is 0 Å². The molecule has 1 aliphatic rings. The molecule has 2 heterocycles. The summed E-state index contributed by atoms with van der Waals surface area (Å²) in [5, 5.41) is 0. The van der Waals surface area contributed by atoms with Crippen molar-refractivity contribution in [1.82, 2.24) is 9.21 Å². The fourth-order valence-corrected chi connectivity index (χ4v) is 6.74. The van der Waals surface area contributed by atoms with Crippen molar-refractivity contribution in [3.05, 3.63) is 52.7 Å². The van der Waals surface area contributed by atoms with Gasteiger partial charge in [0, 0.05) is 30.4 Å². The minimum Gasteiger partial charge on any atom is -0.444 e. The summed E-state index contributed by atoms with van der Waals surface area (Å²) in [7, 11) is -4.51. The quantitative estimate of drug-likeness (QED) is 0.468. The number of likely N-dealkylation sites (tertiary alicyclic amines) is 1. The minimum absolute atomic E-state index is 0.132. The number of nitrogens with zero attached hydrogens (tertiary/aromatic N) is 2. The molecule has 6 nitrogen and oxygen atoms in total. The molecule has 0 spiro atoms. The molecule has 1 amide bonds. The second-order valence-electron chi connectivity index (χ2n) is 8.94. The van der Waals surface area contributed by atoms with Gasteiger partial charge in [0.05, 0.1) is 0 Å². The van der Waals surface area contributed by atoms with Crippen molar-refractivity contribution in [2.45, 2.75) is 55.6 Å². The molecule has 12 heteroatoms. The average molecular weight is 523 g/mol. The molecule has 0 aliphatic carbocycles. The van der Waals surface area contributed by atoms with Gasteiger partial charge in [-0.1, -0.05) is 19.1 Å². The molecular weight excluding hydrogens is 496 g/mol. The Hall–Kier alpha value is -2.18. The lowest BCUT2D eigenvalue weighted by atomic mass is 9.99. The number of benzene rings is 1. The smallest absolute Gasteiger partial charge is 0.410 e. The van der Waals surface area contributed by atoms with Gasteiger partial charge < -0.3 is 9.64 Å². The second kappa shape index (κ2) is 9.46. The van der Waals surface area contributed by atoms with Crippen LogP contribution < -0.4 is 0 Å². The zero-order chi connectivity index (χ0) is 25.5. The first-order valence-corrected chi connectivity index (χ1v) is 12.8. The Morgan fingerprint density at radius 1 is 1.15 bits per heavy atom. The molecule has 0 bridgehead atoms. The Morgan fingerprint density at radius 3 is 2.24 bits per heavy atom. The van der Waals surface area contributed by atoms with E-state index in [9.17, 15) is 30.8 Å². The second-order valence-corrected chi connectivity index (χ2v) is 12.2. The third kappa shape index (κ3) is 5.72. The standard InChI is InChI=1S/C22H26F4N2O4S2/c1-5-28(19(22(24,25)26)14-6-8-16(23)9-7-14)34(30,31)18-11-10-17(33-18)15-12-27(13-15)20(29)32-21(2,3)4/h6-11,15,19H,5,12-13H2,1-4H3. The van der Waals surface area contributed by atoms with E-state index in [-0.39, 0.29) is 15.7 Å². The molecule has 0 N–H and O–H groups in total. The van der Waals surface area contributed by atoms with E-state index >= 15 is 0 Å². The SMILES string of the molecule is CCN(C(c1ccc(F)cc1)C(F)(F)F)S(=O)(=O)c1ccc(C2CN(C(=O)OC(C)(C)C)C2)s1. The third-order valence-corrected chi connectivity index (χ3v) is 8.85. The van der Waals surface area contributed by atoms with Gasteiger partial charge in [-0.15, -0.1) is 11.3 Å². The fourth-order valence-electron chi connectivity index (χ4n) is 3.60. The molecule has 1 fully saturated rings. The molecule has 1 aromatic carbocycles. The number of amides is 1. The summed E-state index contributed by atoms with van der Waals surface area (Å²) in [6, 6.07) is 3.99. The topological polar surface area (TPSA) is 66.9 Å². The van der Waals surface area contributed by atoms with Gasteiger partial charge in [0.25, 0.3) is 10.0 Å². The number of ether oxygens (including phenoxy) is 1. The maximum Gasteiger partial charge on any atom is 0.410 e. The average Bonchev–Trinajstić information content (AvgIpc) is 3.13. The van der Waals surface area contributed by atoms with Crippen molar-refractivity contribution < 1.29 is 35.5 Å². The Morgan fingerprint density at radius 2 is 1.74 bits per heavy atom. The normalized spacial score (nSPS) is 16.4. The summed E-state index contributed by atoms with van der Waals surface area (Å²) in [6.45, 7) is 6.78. The van der Waals surface area contributed by atoms with Gasteiger partial charge in [-0.3, -0.25) is 0 Å². The molecule has 3 rings (SSSR count). The number of halogens is 4. The number of carbonyl (C=O) groups is 1. The van der Waals surface area contributed by atoms with Crippen LogP contribution in [-0.4, -0.2) is 55.1 Å². The molecule has 188 valence electrons. The number of hydrogen-bond acceptors (Lipinski definition) is 5. The monoisotopic (exact) mass is 522 g/mol. The molecule has 2 aromatic rings. The van der Waals surface area contributed by atoms with Crippen molar-refractivity contribution in [2.24, 2.45) is 0 Å². The van der Waals surface area contributed by atoms with Crippen LogP contribution in [0.15, 0.2) is 40.6 Å². The molecule has 1 unspecified atom stereocenters. The lowest BCUT2D eigenvalue weighted by Crippen LogP contribution is -2.50. The maximum absolute atomic E-state index is 14.0. The van der Waals surface area contributed by atoms with Gasteiger partial charge in [0.2, 0.25) is 0 Å². The van der Waals surface area contributed by atoms with Gasteiger partial charge in [-0.25, -0.2) is 17.6 Å². The Labute approximate surface area is 200 Å². The van der Waals surface area contributed by atoms with E-state index < -0.39 is 46.3 Å². The lowest BCUT2D eigenvalue weighted by molar-refractivity contribution is -0.173. The summed E-state index contributed by atoms with van der Waals surface area (Å²) in [6.07, 6.45) is -5.39. The highest BCUT2D eigenvalue weighted by Crippen LogP contribution is 2.42. The van der Waals surface area contributed by atoms with Crippen LogP contribution in [0, 0.1) is 5.82 Å². The van der Waals surface area contributed by atoms with E-state index in [0.29, 0.717) is 22.3 Å². The van der Waals surface area contributed by atoms with Crippen molar-refractivity contribution in [2.75, 3.05) is 19.6 Å². The molecule has 1 aromatic heterocycles. The lowest BCUT2D eigenvalue weighted by Gasteiger charge is -2.39. The summed E-state index contributed by atoms with van der Waals surface area (Å²) in [4.78, 5) is 14.2. The Bertz CT molecular complexity index is 1120. The Balaban J connectivity index is 1.81. The first-order valence-electron chi connectivity index (χ1n) is 10.5. The molecule has 34 heavy (non-hydrogen) atoms. The van der Waals surface area contributed by atoms with Crippen LogP contribution in [0.5, 0.6) is 0 Å². The van der Waals surface area contributed by atoms with E-state index in [0.717, 1.165) is 35.6 Å². The van der Waals surface area contributed by atoms with E-state index in [4.69, 9.17) is 4.74 Å². The van der Waals surface area contributed by atoms with Gasteiger partial charge in [-0.05, 0) is 50.6 Å². The van der Waals surface area contributed by atoms with Gasteiger partial charge in [0.15, 0.2) is 0 Å². The molecular formula is C22H26F4N2O4S2. The highest BCUT2D eigenvalue weighted by Gasteiger charge is 2.49. The van der Waals surface area contributed by atoms with Crippen LogP contribution in [0.2, 0.25) is 0 Å². The number of sulfonamides is 1. The van der Waals surface area contributed by atoms with Crippen molar-refractivity contribution in [3.8, 4) is 0 Å². The van der Waals surface area contributed by atoms with Crippen LogP contribution in [0.25, 0.3) is 0 Å². The molecule has 1 aliphatic heterocycles. The van der Waals surface area contributed by atoms with Crippen LogP contribution in [0.4, 0.5) is 22.4 Å². The van der Waals surface area contributed by atoms with Gasteiger partial charge in [0.1, 0.15) is 21.7 Å². The Kier molecular flexibility index (Phi) is 7.35. The van der Waals surface area contributed by atoms with Gasteiger partial charge in [-0.2, -0.15) is 17.5 Å². The van der Waals surface area contributed by atoms with E-state index in [1.54, 1.807) is 26.8 Å². The minimum atomic E-state index is -4.91. The number of thiophene rings is 1. The molecule has 1 atom stereocenters. The highest BCUT2D eigenvalue weighted by atomic mass is 32.2. The van der Waals surface area contributed by atoms with Crippen molar-refractivity contribution in [1.29, 1.82) is 0 Å². The number of rotatable bonds is 6. The van der Waals surface area contributed by atoms with Crippen molar-refractivity contribution in [3.63, 3.8) is 0 Å². The zero-order valence-corrected chi connectivity index (χ0v) is 20.7. The maximum atomic E-state index is 14.0. The number of hydrogen-bond donors (Lipinski definition) is 0. The van der Waals surface area contributed by atoms with Gasteiger partial charge >= 0.3 is 12.3 Å². The molecule has 1 saturated heterocycles. The predicted octanol–water partition coefficient (Wildman–Crippen LogP) is 5.54.